The van der Waals surface area contributed by atoms with Gasteiger partial charge < -0.3 is 15.2 Å². The van der Waals surface area contributed by atoms with E-state index in [1.165, 1.54) is 0 Å². The normalized spacial score (nSPS) is 19.3. The van der Waals surface area contributed by atoms with Crippen LogP contribution in [0.5, 0.6) is 0 Å². The molecule has 2 aromatic heterocycles. The first-order valence-corrected chi connectivity index (χ1v) is 9.98. The van der Waals surface area contributed by atoms with Crippen LogP contribution >= 0.6 is 11.6 Å². The summed E-state index contributed by atoms with van der Waals surface area (Å²) >= 11 is 6.12. The maximum atomic E-state index is 12.9. The number of aliphatic hydroxyl groups excluding tert-OH is 1. The molecule has 1 fully saturated rings. The monoisotopic (exact) mass is 412 g/mol. The van der Waals surface area contributed by atoms with Gasteiger partial charge in [-0.3, -0.25) is 4.79 Å². The molecule has 1 amide bonds. The van der Waals surface area contributed by atoms with E-state index in [2.05, 4.69) is 10.3 Å². The molecule has 0 spiro atoms. The number of carbonyl (C=O) groups is 1. The topological polar surface area (TPSA) is 75.3 Å². The molecular formula is C22H23ClN3O3+. The Kier molecular flexibility index (Phi) is 5.76. The number of fused-ring (bicyclic) bond motifs is 1. The predicted octanol–water partition coefficient (Wildman–Crippen LogP) is 2.18. The van der Waals surface area contributed by atoms with E-state index < -0.39 is 6.10 Å². The van der Waals surface area contributed by atoms with E-state index in [1.807, 2.05) is 60.3 Å². The second-order valence-corrected chi connectivity index (χ2v) is 7.73. The number of aliphatic hydroxyl groups is 1. The largest absolute Gasteiger partial charge is 0.389 e. The summed E-state index contributed by atoms with van der Waals surface area (Å²) in [5.74, 6) is -0.287. The van der Waals surface area contributed by atoms with Gasteiger partial charge in [0.2, 0.25) is 0 Å². The number of aryl methyl sites for hydroxylation is 1. The van der Waals surface area contributed by atoms with Crippen LogP contribution in [-0.2, 0) is 18.2 Å². The van der Waals surface area contributed by atoms with Gasteiger partial charge in [0.25, 0.3) is 11.1 Å². The van der Waals surface area contributed by atoms with Crippen LogP contribution < -0.4 is 9.88 Å². The van der Waals surface area contributed by atoms with Crippen molar-refractivity contribution < 1.29 is 19.2 Å². The van der Waals surface area contributed by atoms with Crippen molar-refractivity contribution in [3.8, 4) is 0 Å². The highest BCUT2D eigenvalue weighted by Crippen LogP contribution is 2.22. The summed E-state index contributed by atoms with van der Waals surface area (Å²) in [7, 11) is 1.90. The lowest BCUT2D eigenvalue weighted by Crippen LogP contribution is -2.48. The van der Waals surface area contributed by atoms with Crippen LogP contribution in [0, 0.1) is 0 Å². The Bertz CT molecular complexity index is 1060. The molecule has 1 aliphatic rings. The molecule has 4 rings (SSSR count). The summed E-state index contributed by atoms with van der Waals surface area (Å²) in [5.41, 5.74) is 3.20. The molecule has 7 heteroatoms. The quantitative estimate of drug-likeness (QED) is 0.508. The molecule has 0 saturated carbocycles. The summed E-state index contributed by atoms with van der Waals surface area (Å²) < 4.78 is 7.09. The van der Waals surface area contributed by atoms with Crippen molar-refractivity contribution in [2.24, 2.45) is 7.05 Å². The second kappa shape index (κ2) is 8.45. The molecule has 2 N–H and O–H groups in total. The van der Waals surface area contributed by atoms with Gasteiger partial charge in [0, 0.05) is 30.0 Å². The summed E-state index contributed by atoms with van der Waals surface area (Å²) in [4.78, 5) is 17.4. The minimum absolute atomic E-state index is 0.231. The van der Waals surface area contributed by atoms with E-state index in [-0.39, 0.29) is 18.6 Å². The molecule has 0 aliphatic carbocycles. The number of aromatic nitrogens is 2. The first-order valence-electron chi connectivity index (χ1n) is 9.60. The summed E-state index contributed by atoms with van der Waals surface area (Å²) in [6, 6.07) is 13.1. The number of amides is 1. The van der Waals surface area contributed by atoms with Crippen LogP contribution in [-0.4, -0.2) is 41.4 Å². The molecule has 0 bridgehead atoms. The lowest BCUT2D eigenvalue weighted by atomic mass is 10.0. The number of carbonyl (C=O) groups excluding carboxylic acids is 1. The van der Waals surface area contributed by atoms with E-state index in [1.54, 1.807) is 0 Å². The Labute approximate surface area is 174 Å². The highest BCUT2D eigenvalue weighted by Gasteiger charge is 2.26. The van der Waals surface area contributed by atoms with Gasteiger partial charge in [-0.25, -0.2) is 4.98 Å². The van der Waals surface area contributed by atoms with Crippen LogP contribution in [0.4, 0.5) is 0 Å². The van der Waals surface area contributed by atoms with Crippen molar-refractivity contribution in [3.63, 3.8) is 0 Å². The second-order valence-electron chi connectivity index (χ2n) is 7.34. The number of nitrogens with zero attached hydrogens (tertiary/aromatic N) is 2. The van der Waals surface area contributed by atoms with Gasteiger partial charge in [-0.15, -0.1) is 0 Å². The molecule has 2 atom stereocenters. The predicted molar refractivity (Wildman–Crippen MR) is 110 cm³/mol. The van der Waals surface area contributed by atoms with E-state index in [9.17, 15) is 9.90 Å². The van der Waals surface area contributed by atoms with Crippen molar-refractivity contribution in [1.82, 2.24) is 10.3 Å². The Hall–Kier alpha value is -2.54. The van der Waals surface area contributed by atoms with Gasteiger partial charge in [-0.2, -0.15) is 4.57 Å². The minimum atomic E-state index is -0.707. The highest BCUT2D eigenvalue weighted by molar-refractivity contribution is 6.28. The number of rotatable bonds is 4. The van der Waals surface area contributed by atoms with E-state index in [0.717, 1.165) is 22.0 Å². The molecule has 1 saturated heterocycles. The van der Waals surface area contributed by atoms with Crippen LogP contribution in [0.2, 0.25) is 5.15 Å². The number of nitrogens with one attached hydrogen (secondary N) is 1. The standard InChI is InChI=1S/C22H22ClN3O3/c1-26-12-14(6-7-21(26)23)10-15-11-19(24-17-5-3-2-4-16(15)17)22(28)25-18-8-9-29-13-20(18)27/h2-7,11-12,18,20,27H,8-10,13H2,1H3/p+1. The van der Waals surface area contributed by atoms with Crippen molar-refractivity contribution >= 4 is 28.4 Å². The van der Waals surface area contributed by atoms with Gasteiger partial charge in [0.05, 0.1) is 24.3 Å². The smallest absolute Gasteiger partial charge is 0.274 e. The van der Waals surface area contributed by atoms with E-state index in [4.69, 9.17) is 16.3 Å². The fourth-order valence-corrected chi connectivity index (χ4v) is 3.73. The van der Waals surface area contributed by atoms with Crippen molar-refractivity contribution in [3.05, 3.63) is 70.6 Å². The Morgan fingerprint density at radius 1 is 1.34 bits per heavy atom. The molecule has 3 aromatic rings. The molecule has 6 nitrogen and oxygen atoms in total. The molecule has 3 heterocycles. The number of ether oxygens (including phenoxy) is 1. The van der Waals surface area contributed by atoms with Gasteiger partial charge >= 0.3 is 0 Å². The molecule has 1 aromatic carbocycles. The molecule has 1 aliphatic heterocycles. The summed E-state index contributed by atoms with van der Waals surface area (Å²) in [5, 5.41) is 14.6. The maximum absolute atomic E-state index is 12.9. The maximum Gasteiger partial charge on any atom is 0.274 e. The molecule has 150 valence electrons. The van der Waals surface area contributed by atoms with Crippen molar-refractivity contribution in [2.75, 3.05) is 13.2 Å². The van der Waals surface area contributed by atoms with E-state index >= 15 is 0 Å². The third-order valence-electron chi connectivity index (χ3n) is 5.20. The van der Waals surface area contributed by atoms with Gasteiger partial charge in [-0.1, -0.05) is 18.2 Å². The van der Waals surface area contributed by atoms with Crippen LogP contribution in [0.3, 0.4) is 0 Å². The number of benzene rings is 1. The summed E-state index contributed by atoms with van der Waals surface area (Å²) in [6.07, 6.45) is 2.50. The number of halogens is 1. The molecular weight excluding hydrogens is 390 g/mol. The van der Waals surface area contributed by atoms with Crippen molar-refractivity contribution in [2.45, 2.75) is 25.0 Å². The third-order valence-corrected chi connectivity index (χ3v) is 5.60. The van der Waals surface area contributed by atoms with Gasteiger partial charge in [0.1, 0.15) is 12.7 Å². The third kappa shape index (κ3) is 4.40. The zero-order valence-electron chi connectivity index (χ0n) is 16.1. The average molecular weight is 413 g/mol. The SMILES string of the molecule is C[n+]1cc(Cc2cc(C(=O)NC3CCOCC3O)nc3ccccc23)ccc1Cl. The first kappa shape index (κ1) is 19.8. The minimum Gasteiger partial charge on any atom is -0.389 e. The first-order chi connectivity index (χ1) is 14.0. The molecule has 0 radical (unpaired) electrons. The van der Waals surface area contributed by atoms with Crippen LogP contribution in [0.1, 0.15) is 28.0 Å². The Morgan fingerprint density at radius 3 is 2.97 bits per heavy atom. The Balaban J connectivity index is 1.66. The highest BCUT2D eigenvalue weighted by atomic mass is 35.5. The lowest BCUT2D eigenvalue weighted by Gasteiger charge is -2.28. The van der Waals surface area contributed by atoms with Crippen molar-refractivity contribution in [1.29, 1.82) is 0 Å². The number of hydrogen-bond acceptors (Lipinski definition) is 4. The zero-order valence-corrected chi connectivity index (χ0v) is 16.9. The van der Waals surface area contributed by atoms with Crippen LogP contribution in [0.15, 0.2) is 48.7 Å². The lowest BCUT2D eigenvalue weighted by molar-refractivity contribution is -0.669. The number of para-hydroxylation sites is 1. The van der Waals surface area contributed by atoms with Crippen LogP contribution in [0.25, 0.3) is 10.9 Å². The zero-order chi connectivity index (χ0) is 20.4. The van der Waals surface area contributed by atoms with Gasteiger partial charge in [0.15, 0.2) is 6.20 Å². The number of pyridine rings is 2. The number of hydrogen-bond donors (Lipinski definition) is 2. The molecule has 2 unspecified atom stereocenters. The fraction of sp³-hybridized carbons (Fsp3) is 0.318. The van der Waals surface area contributed by atoms with E-state index in [0.29, 0.717) is 30.3 Å². The van der Waals surface area contributed by atoms with Gasteiger partial charge in [-0.05, 0) is 41.8 Å². The Morgan fingerprint density at radius 2 is 2.17 bits per heavy atom. The molecule has 29 heavy (non-hydrogen) atoms. The summed E-state index contributed by atoms with van der Waals surface area (Å²) in [6.45, 7) is 0.751. The average Bonchev–Trinajstić information content (AvgIpc) is 2.72. The fourth-order valence-electron chi connectivity index (χ4n) is 3.61.